The van der Waals surface area contributed by atoms with E-state index in [1.165, 1.54) is 29.8 Å². The van der Waals surface area contributed by atoms with E-state index in [0.29, 0.717) is 48.4 Å². The fraction of sp³-hybridized carbons (Fsp3) is 0.773. The van der Waals surface area contributed by atoms with Gasteiger partial charge in [0.2, 0.25) is 15.9 Å². The van der Waals surface area contributed by atoms with Crippen LogP contribution in [0.1, 0.15) is 61.6 Å². The van der Waals surface area contributed by atoms with Gasteiger partial charge in [-0.15, -0.1) is 0 Å². The van der Waals surface area contributed by atoms with E-state index in [1.807, 2.05) is 4.90 Å². The van der Waals surface area contributed by atoms with E-state index in [1.54, 1.807) is 0 Å². The van der Waals surface area contributed by atoms with Gasteiger partial charge in [-0.05, 0) is 68.6 Å². The largest absolute Gasteiger partial charge is 0.332 e. The number of H-pyrrole nitrogens is 1. The predicted molar refractivity (Wildman–Crippen MR) is 113 cm³/mol. The number of aromatic nitrogens is 2. The average molecular weight is 447 g/mol. The van der Waals surface area contributed by atoms with Crippen LogP contribution in [-0.4, -0.2) is 52.8 Å². The lowest BCUT2D eigenvalue weighted by Crippen LogP contribution is -2.43. The highest BCUT2D eigenvalue weighted by Crippen LogP contribution is 2.69. The summed E-state index contributed by atoms with van der Waals surface area (Å²) in [6.07, 6.45) is 8.21. The first kappa shape index (κ1) is 19.9. The van der Waals surface area contributed by atoms with E-state index in [9.17, 15) is 18.0 Å². The third-order valence-electron chi connectivity index (χ3n) is 8.65. The van der Waals surface area contributed by atoms with Gasteiger partial charge in [0.05, 0.1) is 24.5 Å². The van der Waals surface area contributed by atoms with Crippen LogP contribution in [0.25, 0.3) is 0 Å². The number of carbonyl (C=O) groups excluding carboxylic acids is 1. The first-order chi connectivity index (χ1) is 14.8. The van der Waals surface area contributed by atoms with Gasteiger partial charge in [-0.3, -0.25) is 9.59 Å². The zero-order valence-electron chi connectivity index (χ0n) is 17.9. The van der Waals surface area contributed by atoms with Crippen LogP contribution < -0.4 is 5.56 Å². The molecule has 4 fully saturated rings. The second-order valence-corrected chi connectivity index (χ2v) is 12.3. The van der Waals surface area contributed by atoms with Crippen molar-refractivity contribution in [2.24, 2.45) is 29.6 Å². The second kappa shape index (κ2) is 6.88. The summed E-state index contributed by atoms with van der Waals surface area (Å²) in [5.74, 6) is 3.64. The monoisotopic (exact) mass is 446 g/mol. The number of nitrogens with zero attached hydrogens (tertiary/aromatic N) is 3. The molecule has 2 bridgehead atoms. The van der Waals surface area contributed by atoms with Gasteiger partial charge in [-0.2, -0.15) is 4.31 Å². The Morgan fingerprint density at radius 1 is 1.10 bits per heavy atom. The standard InChI is InChI=1S/C22H30N4O4S/c1-31(29,30)25-9-7-14-15(11-25)23-20(24-21(14)27)16-4-2-3-8-26(16)22(28)19-17-12-5-6-13(10-12)18(17)19/h12-13,16-19H,2-11H2,1H3,(H,23,24,27)/t12-,13-,16-,17-,18+,19?/m0/s1. The van der Waals surface area contributed by atoms with Gasteiger partial charge in [0.25, 0.3) is 5.56 Å². The van der Waals surface area contributed by atoms with Crippen molar-refractivity contribution < 1.29 is 13.2 Å². The molecule has 2 aliphatic heterocycles. The number of nitrogens with one attached hydrogen (secondary N) is 1. The maximum Gasteiger partial charge on any atom is 0.254 e. The second-order valence-electron chi connectivity index (χ2n) is 10.3. The van der Waals surface area contributed by atoms with Gasteiger partial charge in [0.1, 0.15) is 5.82 Å². The van der Waals surface area contributed by atoms with Crippen molar-refractivity contribution in [1.29, 1.82) is 0 Å². The summed E-state index contributed by atoms with van der Waals surface area (Å²) in [6.45, 7) is 1.14. The SMILES string of the molecule is CS(=O)(=O)N1CCc2c(nc([C@@H]3CCCCN3C(=O)C3[C@@H]4[C@H]5CC[C@@H](C5)[C@H]34)[nH]c2=O)C1. The maximum atomic E-state index is 13.6. The Balaban J connectivity index is 1.29. The van der Waals surface area contributed by atoms with Crippen LogP contribution in [0, 0.1) is 29.6 Å². The van der Waals surface area contributed by atoms with Crippen molar-refractivity contribution >= 4 is 15.9 Å². The quantitative estimate of drug-likeness (QED) is 0.757. The molecule has 1 unspecified atom stereocenters. The van der Waals surface area contributed by atoms with E-state index < -0.39 is 10.0 Å². The molecule has 6 rings (SSSR count). The van der Waals surface area contributed by atoms with Gasteiger partial charge in [0.15, 0.2) is 0 Å². The number of fused-ring (bicyclic) bond motifs is 6. The zero-order valence-corrected chi connectivity index (χ0v) is 18.7. The highest BCUT2D eigenvalue weighted by Gasteiger charge is 2.68. The predicted octanol–water partition coefficient (Wildman–Crippen LogP) is 1.43. The molecule has 3 aliphatic carbocycles. The molecule has 3 saturated carbocycles. The number of hydrogen-bond acceptors (Lipinski definition) is 5. The average Bonchev–Trinajstić information content (AvgIpc) is 3.18. The lowest BCUT2D eigenvalue weighted by Gasteiger charge is -2.36. The smallest absolute Gasteiger partial charge is 0.254 e. The zero-order chi connectivity index (χ0) is 21.5. The van der Waals surface area contributed by atoms with Crippen LogP contribution in [-0.2, 0) is 27.8 Å². The molecule has 6 atom stereocenters. The van der Waals surface area contributed by atoms with Crippen LogP contribution in [0.15, 0.2) is 4.79 Å². The Morgan fingerprint density at radius 2 is 1.84 bits per heavy atom. The lowest BCUT2D eigenvalue weighted by atomic mass is 9.97. The van der Waals surface area contributed by atoms with Crippen LogP contribution in [0.5, 0.6) is 0 Å². The molecule has 9 heteroatoms. The van der Waals surface area contributed by atoms with Gasteiger partial charge < -0.3 is 9.88 Å². The number of carbonyl (C=O) groups is 1. The molecule has 8 nitrogen and oxygen atoms in total. The van der Waals surface area contributed by atoms with Gasteiger partial charge in [-0.25, -0.2) is 13.4 Å². The molecule has 168 valence electrons. The number of sulfonamides is 1. The van der Waals surface area contributed by atoms with Gasteiger partial charge in [-0.1, -0.05) is 0 Å². The minimum atomic E-state index is -3.34. The molecule has 1 saturated heterocycles. The number of piperidine rings is 1. The highest BCUT2D eigenvalue weighted by atomic mass is 32.2. The fourth-order valence-corrected chi connectivity index (χ4v) is 7.98. The van der Waals surface area contributed by atoms with Crippen molar-refractivity contribution in [3.05, 3.63) is 27.4 Å². The van der Waals surface area contributed by atoms with E-state index >= 15 is 0 Å². The summed E-state index contributed by atoms with van der Waals surface area (Å²) in [5, 5.41) is 0. The van der Waals surface area contributed by atoms with Crippen LogP contribution in [0.3, 0.4) is 0 Å². The van der Waals surface area contributed by atoms with Crippen LogP contribution >= 0.6 is 0 Å². The summed E-state index contributed by atoms with van der Waals surface area (Å²) in [7, 11) is -3.34. The minimum Gasteiger partial charge on any atom is -0.332 e. The Bertz CT molecular complexity index is 1080. The number of aromatic amines is 1. The molecular weight excluding hydrogens is 416 g/mol. The third kappa shape index (κ3) is 3.10. The summed E-state index contributed by atoms with van der Waals surface area (Å²) in [4.78, 5) is 36.0. The van der Waals surface area contributed by atoms with Crippen molar-refractivity contribution in [3.8, 4) is 0 Å². The first-order valence-corrected chi connectivity index (χ1v) is 13.6. The summed E-state index contributed by atoms with van der Waals surface area (Å²) in [5.41, 5.74) is 0.924. The Kier molecular flexibility index (Phi) is 4.42. The summed E-state index contributed by atoms with van der Waals surface area (Å²) in [6, 6.07) is -0.216. The highest BCUT2D eigenvalue weighted by molar-refractivity contribution is 7.88. The fourth-order valence-electron chi connectivity index (χ4n) is 7.20. The van der Waals surface area contributed by atoms with Gasteiger partial charge >= 0.3 is 0 Å². The van der Waals surface area contributed by atoms with Crippen molar-refractivity contribution in [1.82, 2.24) is 19.2 Å². The molecule has 5 aliphatic rings. The molecule has 1 aromatic heterocycles. The molecule has 1 aromatic rings. The number of likely N-dealkylation sites (tertiary alicyclic amines) is 1. The van der Waals surface area contributed by atoms with E-state index in [2.05, 4.69) is 4.98 Å². The Hall–Kier alpha value is -1.74. The molecule has 0 radical (unpaired) electrons. The van der Waals surface area contributed by atoms with Crippen molar-refractivity contribution in [2.45, 2.75) is 57.5 Å². The summed E-state index contributed by atoms with van der Waals surface area (Å²) >= 11 is 0. The molecule has 1 N–H and O–H groups in total. The maximum absolute atomic E-state index is 13.6. The Morgan fingerprint density at radius 3 is 2.55 bits per heavy atom. The first-order valence-electron chi connectivity index (χ1n) is 11.7. The normalized spacial score (nSPS) is 36.9. The molecule has 0 spiro atoms. The number of amides is 1. The molecule has 0 aromatic carbocycles. The molecular formula is C22H30N4O4S. The minimum absolute atomic E-state index is 0.127. The van der Waals surface area contributed by atoms with Crippen LogP contribution in [0.2, 0.25) is 0 Å². The molecule has 31 heavy (non-hydrogen) atoms. The lowest BCUT2D eigenvalue weighted by molar-refractivity contribution is -0.137. The number of hydrogen-bond donors (Lipinski definition) is 1. The van der Waals surface area contributed by atoms with E-state index in [0.717, 1.165) is 31.1 Å². The van der Waals surface area contributed by atoms with E-state index in [4.69, 9.17) is 4.98 Å². The van der Waals surface area contributed by atoms with Crippen molar-refractivity contribution in [2.75, 3.05) is 19.3 Å². The topological polar surface area (TPSA) is 103 Å². The summed E-state index contributed by atoms with van der Waals surface area (Å²) < 4.78 is 25.4. The molecule has 1 amide bonds. The third-order valence-corrected chi connectivity index (χ3v) is 9.90. The van der Waals surface area contributed by atoms with E-state index in [-0.39, 0.29) is 30.0 Å². The number of rotatable bonds is 3. The Labute approximate surface area is 182 Å². The van der Waals surface area contributed by atoms with Crippen molar-refractivity contribution in [3.63, 3.8) is 0 Å². The molecule has 3 heterocycles. The van der Waals surface area contributed by atoms with Crippen LogP contribution in [0.4, 0.5) is 0 Å². The van der Waals surface area contributed by atoms with Gasteiger partial charge in [0, 0.05) is 24.6 Å².